The highest BCUT2D eigenvalue weighted by Gasteiger charge is 2.15. The first-order valence-electron chi connectivity index (χ1n) is 14.2. The molecule has 0 fully saturated rings. The molecule has 3 aromatic heterocycles. The average Bonchev–Trinajstić information content (AvgIpc) is 3.36. The molecule has 0 amide bonds. The van der Waals surface area contributed by atoms with Crippen molar-refractivity contribution in [2.45, 2.75) is 0 Å². The third-order valence-corrected chi connectivity index (χ3v) is 8.43. The van der Waals surface area contributed by atoms with Gasteiger partial charge in [-0.05, 0) is 86.8 Å². The van der Waals surface area contributed by atoms with Crippen LogP contribution in [0.1, 0.15) is 11.1 Å². The van der Waals surface area contributed by atoms with Gasteiger partial charge in [0.1, 0.15) is 0 Å². The third-order valence-electron chi connectivity index (χ3n) is 8.43. The predicted octanol–water partition coefficient (Wildman–Crippen LogP) is 8.64. The second kappa shape index (κ2) is 9.86. The molecule has 7 aromatic rings. The lowest BCUT2D eigenvalue weighted by molar-refractivity contribution is 0.988. The zero-order chi connectivity index (χ0) is 28.0. The Morgan fingerprint density at radius 2 is 1.38 bits per heavy atom. The highest BCUT2D eigenvalue weighted by molar-refractivity contribution is 6.18. The van der Waals surface area contributed by atoms with Gasteiger partial charge in [0.25, 0.3) is 0 Å². The molecular formula is C38H28N4. The van der Waals surface area contributed by atoms with Crippen LogP contribution < -0.4 is 5.32 Å². The summed E-state index contributed by atoms with van der Waals surface area (Å²) in [6.45, 7) is 0.799. The maximum Gasteiger partial charge on any atom is 0.0568 e. The number of pyridine rings is 2. The van der Waals surface area contributed by atoms with Gasteiger partial charge in [0.2, 0.25) is 0 Å². The molecule has 0 spiro atoms. The van der Waals surface area contributed by atoms with Crippen LogP contribution in [0.15, 0.2) is 134 Å². The van der Waals surface area contributed by atoms with Gasteiger partial charge in [-0.2, -0.15) is 0 Å². The summed E-state index contributed by atoms with van der Waals surface area (Å²) >= 11 is 0. The standard InChI is InChI=1S/C38H28N4/c1-42-37-21-29(32-20-33(24-41-23-32)31-6-3-15-40-22-31)8-11-35(37)36-12-9-30-19-28(7-10-34(30)38(36)42)27-5-2-4-26(18-27)25-13-16-39-17-14-25/h2-22,24,41H,23H2,1H3. The van der Waals surface area contributed by atoms with Crippen molar-refractivity contribution in [1.82, 2.24) is 19.9 Å². The number of nitrogens with zero attached hydrogens (tertiary/aromatic N) is 3. The molecule has 4 heteroatoms. The molecule has 0 saturated carbocycles. The zero-order valence-corrected chi connectivity index (χ0v) is 23.3. The number of aromatic nitrogens is 3. The minimum Gasteiger partial charge on any atom is -0.386 e. The van der Waals surface area contributed by atoms with E-state index in [-0.39, 0.29) is 0 Å². The molecule has 42 heavy (non-hydrogen) atoms. The lowest BCUT2D eigenvalue weighted by atomic mass is 9.96. The SMILES string of the molecule is Cn1c2cc(C3=CC(c4cccnc4)=CNC3)ccc2c2ccc3cc(-c4cccc(-c5ccncc5)c4)ccc3c21. The number of rotatable bonds is 4. The molecular weight excluding hydrogens is 512 g/mol. The number of fused-ring (bicyclic) bond motifs is 5. The van der Waals surface area contributed by atoms with Crippen molar-refractivity contribution >= 4 is 43.7 Å². The first-order chi connectivity index (χ1) is 20.7. The molecule has 0 radical (unpaired) electrons. The first-order valence-corrected chi connectivity index (χ1v) is 14.2. The number of hydrogen-bond acceptors (Lipinski definition) is 3. The normalized spacial score (nSPS) is 13.3. The number of dihydropyridines is 1. The summed E-state index contributed by atoms with van der Waals surface area (Å²) in [7, 11) is 2.19. The Labute approximate surface area is 244 Å². The molecule has 0 saturated heterocycles. The molecule has 4 nitrogen and oxygen atoms in total. The second-order valence-corrected chi connectivity index (χ2v) is 10.9. The second-order valence-electron chi connectivity index (χ2n) is 10.9. The molecule has 4 aromatic carbocycles. The smallest absolute Gasteiger partial charge is 0.0568 e. The summed E-state index contributed by atoms with van der Waals surface area (Å²) in [4.78, 5) is 8.46. The summed E-state index contributed by atoms with van der Waals surface area (Å²) in [6.07, 6.45) is 11.8. The third kappa shape index (κ3) is 4.08. The van der Waals surface area contributed by atoms with Gasteiger partial charge >= 0.3 is 0 Å². The number of benzene rings is 4. The minimum absolute atomic E-state index is 0.799. The van der Waals surface area contributed by atoms with Gasteiger partial charge < -0.3 is 9.88 Å². The quantitative estimate of drug-likeness (QED) is 0.243. The molecule has 1 N–H and O–H groups in total. The van der Waals surface area contributed by atoms with E-state index in [1.165, 1.54) is 66.0 Å². The van der Waals surface area contributed by atoms with E-state index in [9.17, 15) is 0 Å². The molecule has 1 aliphatic rings. The fraction of sp³-hybridized carbons (Fsp3) is 0.0526. The Bertz CT molecular complexity index is 2190. The van der Waals surface area contributed by atoms with Crippen LogP contribution in [-0.4, -0.2) is 21.1 Å². The molecule has 0 unspecified atom stereocenters. The Morgan fingerprint density at radius 3 is 2.24 bits per heavy atom. The summed E-state index contributed by atoms with van der Waals surface area (Å²) < 4.78 is 2.36. The Kier molecular flexibility index (Phi) is 5.71. The van der Waals surface area contributed by atoms with E-state index in [1.54, 1.807) is 0 Å². The van der Waals surface area contributed by atoms with Crippen LogP contribution in [0.5, 0.6) is 0 Å². The zero-order valence-electron chi connectivity index (χ0n) is 23.3. The van der Waals surface area contributed by atoms with E-state index in [1.807, 2.05) is 30.9 Å². The number of allylic oxidation sites excluding steroid dienone is 2. The summed E-state index contributed by atoms with van der Waals surface area (Å²) in [5, 5.41) is 8.53. The summed E-state index contributed by atoms with van der Waals surface area (Å²) in [5.41, 5.74) is 12.1. The summed E-state index contributed by atoms with van der Waals surface area (Å²) in [5.74, 6) is 0. The van der Waals surface area contributed by atoms with Crippen molar-refractivity contribution in [3.63, 3.8) is 0 Å². The maximum atomic E-state index is 4.29. The van der Waals surface area contributed by atoms with E-state index in [2.05, 4.69) is 130 Å². The lowest BCUT2D eigenvalue weighted by Gasteiger charge is -2.16. The van der Waals surface area contributed by atoms with Crippen molar-refractivity contribution in [1.29, 1.82) is 0 Å². The highest BCUT2D eigenvalue weighted by Crippen LogP contribution is 2.37. The molecule has 4 heterocycles. The molecule has 0 aliphatic carbocycles. The van der Waals surface area contributed by atoms with Crippen LogP contribution in [0, 0.1) is 0 Å². The van der Waals surface area contributed by atoms with Crippen molar-refractivity contribution in [3.05, 3.63) is 145 Å². The highest BCUT2D eigenvalue weighted by atomic mass is 14.9. The van der Waals surface area contributed by atoms with Gasteiger partial charge in [0.15, 0.2) is 0 Å². The largest absolute Gasteiger partial charge is 0.386 e. The van der Waals surface area contributed by atoms with Crippen molar-refractivity contribution in [2.24, 2.45) is 7.05 Å². The van der Waals surface area contributed by atoms with E-state index in [0.717, 1.165) is 17.7 Å². The fourth-order valence-electron chi connectivity index (χ4n) is 6.29. The van der Waals surface area contributed by atoms with E-state index < -0.39 is 0 Å². The minimum atomic E-state index is 0.799. The lowest BCUT2D eigenvalue weighted by Crippen LogP contribution is -2.14. The van der Waals surface area contributed by atoms with Gasteiger partial charge in [0.05, 0.1) is 5.52 Å². The van der Waals surface area contributed by atoms with Crippen molar-refractivity contribution < 1.29 is 0 Å². The van der Waals surface area contributed by atoms with Crippen LogP contribution in [0.2, 0.25) is 0 Å². The Morgan fingerprint density at radius 1 is 0.619 bits per heavy atom. The Hall–Kier alpha value is -5.48. The topological polar surface area (TPSA) is 42.7 Å². The van der Waals surface area contributed by atoms with Gasteiger partial charge in [0, 0.05) is 71.8 Å². The average molecular weight is 541 g/mol. The van der Waals surface area contributed by atoms with Gasteiger partial charge in [-0.25, -0.2) is 0 Å². The van der Waals surface area contributed by atoms with Gasteiger partial charge in [-0.1, -0.05) is 60.7 Å². The molecule has 1 aliphatic heterocycles. The molecule has 200 valence electrons. The number of nitrogens with one attached hydrogen (secondary N) is 1. The van der Waals surface area contributed by atoms with Gasteiger partial charge in [-0.15, -0.1) is 0 Å². The Balaban J connectivity index is 1.20. The van der Waals surface area contributed by atoms with Crippen LogP contribution >= 0.6 is 0 Å². The predicted molar refractivity (Wildman–Crippen MR) is 175 cm³/mol. The van der Waals surface area contributed by atoms with Gasteiger partial charge in [-0.3, -0.25) is 9.97 Å². The molecule has 8 rings (SSSR count). The monoisotopic (exact) mass is 540 g/mol. The van der Waals surface area contributed by atoms with E-state index in [4.69, 9.17) is 0 Å². The van der Waals surface area contributed by atoms with E-state index >= 15 is 0 Å². The van der Waals surface area contributed by atoms with Crippen LogP contribution in [0.25, 0.3) is 66.0 Å². The first kappa shape index (κ1) is 24.3. The van der Waals surface area contributed by atoms with Crippen LogP contribution in [0.3, 0.4) is 0 Å². The van der Waals surface area contributed by atoms with E-state index in [0.29, 0.717) is 0 Å². The van der Waals surface area contributed by atoms with Crippen molar-refractivity contribution in [3.8, 4) is 22.3 Å². The number of hydrogen-bond donors (Lipinski definition) is 1. The number of aryl methyl sites for hydroxylation is 1. The van der Waals surface area contributed by atoms with Crippen molar-refractivity contribution in [2.75, 3.05) is 6.54 Å². The molecule has 0 bridgehead atoms. The summed E-state index contributed by atoms with van der Waals surface area (Å²) in [6, 6.07) is 35.2. The molecule has 0 atom stereocenters. The van der Waals surface area contributed by atoms with Crippen LogP contribution in [0.4, 0.5) is 0 Å². The van der Waals surface area contributed by atoms with Crippen LogP contribution in [-0.2, 0) is 7.05 Å². The maximum absolute atomic E-state index is 4.29. The fourth-order valence-corrected chi connectivity index (χ4v) is 6.29.